The Morgan fingerprint density at radius 1 is 0.985 bits per heavy atom. The molecule has 16 heteroatoms. The number of nitrogens with one attached hydrogen (secondary N) is 4. The summed E-state index contributed by atoms with van der Waals surface area (Å²) >= 11 is 7.86. The van der Waals surface area contributed by atoms with Crippen LogP contribution in [0.4, 0.5) is 0 Å². The van der Waals surface area contributed by atoms with Crippen LogP contribution in [0.5, 0.6) is 11.5 Å². The maximum absolute atomic E-state index is 14.0. The summed E-state index contributed by atoms with van der Waals surface area (Å²) in [7, 11) is 0. The number of nitriles is 1. The first-order valence-corrected chi connectivity index (χ1v) is 23.5. The third-order valence-corrected chi connectivity index (χ3v) is 13.8. The molecule has 1 aliphatic heterocycles. The van der Waals surface area contributed by atoms with E-state index in [-0.39, 0.29) is 50.1 Å². The number of ether oxygens (including phenoxy) is 3. The number of benzene rings is 3. The molecular weight excluding hydrogens is 880 g/mol. The minimum Gasteiger partial charge on any atom is -0.494 e. The number of unbranched alkanes of at least 4 members (excludes halogenated alkanes) is 1. The van der Waals surface area contributed by atoms with Gasteiger partial charge in [0.1, 0.15) is 47.2 Å². The highest BCUT2D eigenvalue weighted by molar-refractivity contribution is 7.13. The lowest BCUT2D eigenvalue weighted by Gasteiger charge is -2.63. The van der Waals surface area contributed by atoms with Gasteiger partial charge in [0.05, 0.1) is 23.3 Å². The van der Waals surface area contributed by atoms with Crippen LogP contribution in [0.2, 0.25) is 5.02 Å². The second-order valence-corrected chi connectivity index (χ2v) is 20.7. The van der Waals surface area contributed by atoms with Gasteiger partial charge < -0.3 is 40.2 Å². The van der Waals surface area contributed by atoms with Gasteiger partial charge in [0.15, 0.2) is 5.69 Å². The van der Waals surface area contributed by atoms with E-state index in [1.54, 1.807) is 53.8 Å². The number of thiazole rings is 1. The minimum atomic E-state index is -0.962. The van der Waals surface area contributed by atoms with Gasteiger partial charge in [-0.25, -0.2) is 4.98 Å². The Balaban J connectivity index is 0.896. The van der Waals surface area contributed by atoms with Crippen LogP contribution in [0.3, 0.4) is 0 Å². The van der Waals surface area contributed by atoms with E-state index in [2.05, 4.69) is 54.7 Å². The largest absolute Gasteiger partial charge is 0.494 e. The Morgan fingerprint density at radius 2 is 1.65 bits per heavy atom. The van der Waals surface area contributed by atoms with Crippen molar-refractivity contribution in [3.63, 3.8) is 0 Å². The van der Waals surface area contributed by atoms with Crippen LogP contribution in [0, 0.1) is 34.5 Å². The number of aromatic amines is 1. The molecule has 0 bridgehead atoms. The average Bonchev–Trinajstić information content (AvgIpc) is 3.89. The zero-order chi connectivity index (χ0) is 48.0. The molecule has 1 saturated carbocycles. The summed E-state index contributed by atoms with van der Waals surface area (Å²) in [5.41, 5.74) is 4.38. The van der Waals surface area contributed by atoms with Crippen molar-refractivity contribution in [3.05, 3.63) is 99.6 Å². The van der Waals surface area contributed by atoms with Gasteiger partial charge in [-0.1, -0.05) is 95.7 Å². The Kier molecular flexibility index (Phi) is 15.9. The number of likely N-dealkylation sites (tertiary alicyclic amines) is 1. The standard InChI is InChI=1S/C50H61ClN6O8S/c1-30-41(66-29-54-30)32-13-11-31(12-14-32)26-53-44(61)39-23-35(58)27-57(39)45(62)42(48(2,3)4)55-40(59)28-63-21-9-10-22-64-36-18-15-33(16-19-36)43(60)56-46-49(5,6)47(50(46,7)8)65-37-20-17-34(25-52)38(51)24-37/h11-20,24,29,35,39,42,46-47,58H,9-10,21-23,26-28H2,1-8H3,(H,53,61)(H,55,59)(H,56,60)/p+1/t35-,39+,42-,46?,47?/m1/s1. The first-order valence-electron chi connectivity index (χ1n) is 22.3. The number of carbonyl (C=O) groups is 4. The summed E-state index contributed by atoms with van der Waals surface area (Å²) < 4.78 is 17.9. The van der Waals surface area contributed by atoms with Crippen LogP contribution in [0.25, 0.3) is 10.4 Å². The average molecular weight is 943 g/mol. The molecule has 2 aliphatic rings. The number of halogens is 1. The molecule has 1 aliphatic carbocycles. The molecule has 0 unspecified atom stereocenters. The predicted molar refractivity (Wildman–Crippen MR) is 252 cm³/mol. The molecule has 0 spiro atoms. The molecule has 2 heterocycles. The monoisotopic (exact) mass is 941 g/mol. The number of hydrogen-bond acceptors (Lipinski definition) is 10. The summed E-state index contributed by atoms with van der Waals surface area (Å²) in [6.45, 7) is 16.4. The number of H-pyrrole nitrogens is 1. The molecule has 3 aromatic carbocycles. The molecule has 4 aromatic rings. The number of aromatic nitrogens is 1. The molecule has 2 fully saturated rings. The van der Waals surface area contributed by atoms with Gasteiger partial charge in [-0.3, -0.25) is 19.2 Å². The van der Waals surface area contributed by atoms with E-state index in [0.29, 0.717) is 53.7 Å². The van der Waals surface area contributed by atoms with Crippen molar-refractivity contribution in [2.24, 2.45) is 16.2 Å². The molecule has 66 heavy (non-hydrogen) atoms. The van der Waals surface area contributed by atoms with Crippen LogP contribution in [-0.2, 0) is 25.7 Å². The molecule has 4 amide bonds. The van der Waals surface area contributed by atoms with E-state index in [1.165, 1.54) is 4.90 Å². The van der Waals surface area contributed by atoms with Crippen molar-refractivity contribution in [1.29, 1.82) is 5.26 Å². The Bertz CT molecular complexity index is 2390. The van der Waals surface area contributed by atoms with E-state index in [1.807, 2.05) is 57.5 Å². The van der Waals surface area contributed by atoms with Crippen LogP contribution in [-0.4, -0.2) is 90.3 Å². The summed E-state index contributed by atoms with van der Waals surface area (Å²) in [6, 6.07) is 19.9. The van der Waals surface area contributed by atoms with Gasteiger partial charge in [0, 0.05) is 61.5 Å². The van der Waals surface area contributed by atoms with Crippen LogP contribution >= 0.6 is 22.9 Å². The maximum atomic E-state index is 14.0. The van der Waals surface area contributed by atoms with E-state index in [9.17, 15) is 29.5 Å². The molecule has 3 atom stereocenters. The lowest BCUT2D eigenvalue weighted by molar-refractivity contribution is -0.379. The number of aryl methyl sites for hydroxylation is 1. The SMILES string of the molecule is Cc1[nH+]csc1-c1ccc(CNC(=O)[C@@H]2C[C@@H](O)CN2C(=O)[C@@H](NC(=O)COCCCCOc2ccc(C(=O)NC3C(C)(C)C(Oc4ccc(C#N)c(Cl)c4)C3(C)C)cc2)C(C)(C)C)cc1. The Labute approximate surface area is 396 Å². The highest BCUT2D eigenvalue weighted by atomic mass is 35.5. The van der Waals surface area contributed by atoms with Crippen molar-refractivity contribution in [2.75, 3.05) is 26.4 Å². The normalized spacial score (nSPS) is 20.0. The lowest BCUT2D eigenvalue weighted by Crippen LogP contribution is -2.74. The zero-order valence-corrected chi connectivity index (χ0v) is 40.5. The summed E-state index contributed by atoms with van der Waals surface area (Å²) in [4.78, 5) is 59.5. The fraction of sp³-hybridized carbons (Fsp3) is 0.480. The smallest absolute Gasteiger partial charge is 0.251 e. The van der Waals surface area contributed by atoms with Gasteiger partial charge in [0.2, 0.25) is 23.2 Å². The van der Waals surface area contributed by atoms with Crippen molar-refractivity contribution in [2.45, 2.75) is 112 Å². The van der Waals surface area contributed by atoms with Gasteiger partial charge in [-0.15, -0.1) is 0 Å². The maximum Gasteiger partial charge on any atom is 0.251 e. The molecule has 352 valence electrons. The molecule has 1 aromatic heterocycles. The van der Waals surface area contributed by atoms with Crippen molar-refractivity contribution in [1.82, 2.24) is 20.9 Å². The molecule has 0 radical (unpaired) electrons. The number of aliphatic hydroxyl groups excluding tert-OH is 1. The van der Waals surface area contributed by atoms with E-state index < -0.39 is 46.2 Å². The quantitative estimate of drug-likeness (QED) is 0.0790. The minimum absolute atomic E-state index is 0.0161. The number of hydrogen-bond donors (Lipinski definition) is 4. The predicted octanol–water partition coefficient (Wildman–Crippen LogP) is 6.66. The second-order valence-electron chi connectivity index (χ2n) is 19.4. The second kappa shape index (κ2) is 21.0. The first kappa shape index (κ1) is 49.9. The van der Waals surface area contributed by atoms with Crippen LogP contribution in [0.15, 0.2) is 72.2 Å². The summed E-state index contributed by atoms with van der Waals surface area (Å²) in [5, 5.41) is 29.0. The number of aliphatic hydroxyl groups is 1. The van der Waals surface area contributed by atoms with Gasteiger partial charge in [0.25, 0.3) is 5.91 Å². The molecular formula is C50H62ClN6O8S+. The Morgan fingerprint density at radius 3 is 2.27 bits per heavy atom. The zero-order valence-electron chi connectivity index (χ0n) is 39.0. The third-order valence-electron chi connectivity index (χ3n) is 12.5. The lowest BCUT2D eigenvalue weighted by atomic mass is 9.49. The Hall–Kier alpha value is -5.53. The van der Waals surface area contributed by atoms with E-state index in [4.69, 9.17) is 25.8 Å². The summed E-state index contributed by atoms with van der Waals surface area (Å²) in [6.07, 6.45) is 0.271. The fourth-order valence-electron chi connectivity index (χ4n) is 9.19. The number of nitrogens with zero attached hydrogens (tertiary/aromatic N) is 2. The molecule has 14 nitrogen and oxygen atoms in total. The molecule has 6 rings (SSSR count). The van der Waals surface area contributed by atoms with E-state index in [0.717, 1.165) is 21.7 Å². The van der Waals surface area contributed by atoms with Crippen molar-refractivity contribution >= 4 is 46.6 Å². The van der Waals surface area contributed by atoms with Crippen LogP contribution < -0.4 is 30.4 Å². The van der Waals surface area contributed by atoms with Gasteiger partial charge in [-0.05, 0) is 65.8 Å². The molecule has 1 saturated heterocycles. The highest BCUT2D eigenvalue weighted by Gasteiger charge is 2.64. The number of carbonyl (C=O) groups excluding carboxylic acids is 4. The number of β-amino-alcohol motifs (C(OH)–C–C–N with tert-alkyl or cyclic N) is 1. The van der Waals surface area contributed by atoms with Gasteiger partial charge >= 0.3 is 0 Å². The van der Waals surface area contributed by atoms with Crippen molar-refractivity contribution < 1.29 is 43.5 Å². The third kappa shape index (κ3) is 11.7. The summed E-state index contributed by atoms with van der Waals surface area (Å²) in [5.74, 6) is -0.294. The first-order chi connectivity index (χ1) is 31.2. The van der Waals surface area contributed by atoms with Crippen molar-refractivity contribution in [3.8, 4) is 28.0 Å². The van der Waals surface area contributed by atoms with E-state index >= 15 is 0 Å². The molecule has 5 N–H and O–H groups in total. The topological polar surface area (TPSA) is 193 Å². The number of amides is 4. The van der Waals surface area contributed by atoms with Crippen LogP contribution in [0.1, 0.15) is 94.9 Å². The van der Waals surface area contributed by atoms with Gasteiger partial charge in [-0.2, -0.15) is 5.26 Å². The highest BCUT2D eigenvalue weighted by Crippen LogP contribution is 2.55. The fourth-order valence-corrected chi connectivity index (χ4v) is 10.3. The number of rotatable bonds is 18.